The van der Waals surface area contributed by atoms with Crippen molar-refractivity contribution in [1.29, 1.82) is 0 Å². The van der Waals surface area contributed by atoms with Crippen molar-refractivity contribution in [2.24, 2.45) is 0 Å². The second kappa shape index (κ2) is 13.3. The highest BCUT2D eigenvalue weighted by atomic mass is 32.2. The number of rotatable bonds is 7. The van der Waals surface area contributed by atoms with Crippen LogP contribution in [0.4, 0.5) is 0 Å². The molecule has 42 heavy (non-hydrogen) atoms. The van der Waals surface area contributed by atoms with Crippen LogP contribution in [0.1, 0.15) is 20.7 Å². The highest BCUT2D eigenvalue weighted by Gasteiger charge is 2.29. The quantitative estimate of drug-likeness (QED) is 0.129. The van der Waals surface area contributed by atoms with E-state index in [2.05, 4.69) is 72.8 Å². The summed E-state index contributed by atoms with van der Waals surface area (Å²) in [5.41, 5.74) is 1.28. The lowest BCUT2D eigenvalue weighted by atomic mass is 10.2. The first-order valence-corrected chi connectivity index (χ1v) is 18.3. The number of hydrogen-bond acceptors (Lipinski definition) is 6. The third-order valence-corrected chi connectivity index (χ3v) is 17.3. The van der Waals surface area contributed by atoms with Crippen LogP contribution < -0.4 is 15.9 Å². The van der Waals surface area contributed by atoms with Gasteiger partial charge in [-0.2, -0.15) is 0 Å². The van der Waals surface area contributed by atoms with Gasteiger partial charge in [0.05, 0.1) is 12.0 Å². The summed E-state index contributed by atoms with van der Waals surface area (Å²) < 4.78 is 2.90. The third kappa shape index (κ3) is 5.92. The SMILES string of the molecule is O=C(Sc1sc(=P(c2ccccc2)(c2ccccc2)c2ccccc2)sc1SC(=O)c1ccccc1)c1ccccc1. The third-order valence-electron chi connectivity index (χ3n) is 6.62. The summed E-state index contributed by atoms with van der Waals surface area (Å²) in [6, 6.07) is 50.7. The molecule has 206 valence electrons. The minimum absolute atomic E-state index is 0.0340. The second-order valence-electron chi connectivity index (χ2n) is 9.23. The average molecular weight is 637 g/mol. The van der Waals surface area contributed by atoms with Gasteiger partial charge < -0.3 is 0 Å². The van der Waals surface area contributed by atoms with Gasteiger partial charge in [-0.1, -0.05) is 152 Å². The molecule has 0 radical (unpaired) electrons. The molecule has 0 aliphatic heterocycles. The van der Waals surface area contributed by atoms with Crippen LogP contribution >= 0.6 is 53.1 Å². The van der Waals surface area contributed by atoms with Crippen molar-refractivity contribution in [3.8, 4) is 0 Å². The van der Waals surface area contributed by atoms with Crippen LogP contribution in [0.2, 0.25) is 0 Å². The summed E-state index contributed by atoms with van der Waals surface area (Å²) in [4.78, 5) is 27.0. The van der Waals surface area contributed by atoms with Crippen LogP contribution in [-0.2, 0) is 0 Å². The first-order valence-electron chi connectivity index (χ1n) is 13.2. The lowest BCUT2D eigenvalue weighted by Gasteiger charge is -2.27. The van der Waals surface area contributed by atoms with E-state index in [0.29, 0.717) is 11.1 Å². The summed E-state index contributed by atoms with van der Waals surface area (Å²) >= 11 is 5.73. The van der Waals surface area contributed by atoms with Gasteiger partial charge in [-0.05, 0) is 39.4 Å². The van der Waals surface area contributed by atoms with Crippen LogP contribution in [0.3, 0.4) is 0 Å². The van der Waals surface area contributed by atoms with Crippen LogP contribution in [0.25, 0.3) is 0 Å². The molecule has 0 atom stereocenters. The number of hydrogen-bond donors (Lipinski definition) is 0. The normalized spacial score (nSPS) is 11.2. The molecule has 5 aromatic carbocycles. The molecular weight excluding hydrogens is 612 g/mol. The van der Waals surface area contributed by atoms with Gasteiger partial charge in [0.1, 0.15) is 0 Å². The van der Waals surface area contributed by atoms with Gasteiger partial charge in [-0.25, -0.2) is 0 Å². The molecule has 6 rings (SSSR count). The fourth-order valence-corrected chi connectivity index (χ4v) is 16.7. The molecule has 0 bridgehead atoms. The molecule has 2 nitrogen and oxygen atoms in total. The van der Waals surface area contributed by atoms with E-state index < -0.39 is 6.89 Å². The standard InChI is InChI=1S/C35H25O2PS4/c36-31(26-16-6-1-7-17-26)39-33-34(40-32(37)27-18-8-2-9-19-27)42-35(41-33)38(28-20-10-3-11-21-28,29-22-12-4-13-23-29)30-24-14-5-15-25-30/h1-25H. The van der Waals surface area contributed by atoms with Crippen LogP contribution in [-0.4, -0.2) is 10.2 Å². The topological polar surface area (TPSA) is 34.1 Å². The van der Waals surface area contributed by atoms with E-state index in [1.54, 1.807) is 22.7 Å². The van der Waals surface area contributed by atoms with Crippen molar-refractivity contribution in [2.75, 3.05) is 0 Å². The zero-order chi connectivity index (χ0) is 28.8. The first-order chi connectivity index (χ1) is 20.7. The molecular formula is C35H25O2PS4. The fraction of sp³-hybridized carbons (Fsp3) is 0. The van der Waals surface area contributed by atoms with Crippen molar-refractivity contribution in [1.82, 2.24) is 0 Å². The number of thioether (sulfide) groups is 2. The molecule has 0 unspecified atom stereocenters. The molecule has 0 aliphatic carbocycles. The summed E-state index contributed by atoms with van der Waals surface area (Å²) in [5.74, 6) is 0. The second-order valence-corrected chi connectivity index (χ2v) is 18.0. The van der Waals surface area contributed by atoms with Gasteiger partial charge >= 0.3 is 0 Å². The fourth-order valence-electron chi connectivity index (χ4n) is 4.68. The molecule has 7 heteroatoms. The van der Waals surface area contributed by atoms with E-state index in [0.717, 1.165) is 8.42 Å². The first kappa shape index (κ1) is 28.7. The Hall–Kier alpha value is -3.38. The van der Waals surface area contributed by atoms with E-state index in [1.165, 1.54) is 43.0 Å². The lowest BCUT2D eigenvalue weighted by Crippen LogP contribution is -2.25. The van der Waals surface area contributed by atoms with Crippen molar-refractivity contribution >= 4 is 79.2 Å². The molecule has 0 amide bonds. The highest BCUT2D eigenvalue weighted by molar-refractivity contribution is 8.19. The van der Waals surface area contributed by atoms with Crippen LogP contribution in [0.5, 0.6) is 0 Å². The smallest absolute Gasteiger partial charge is 0.224 e. The van der Waals surface area contributed by atoms with E-state index in [-0.39, 0.29) is 10.2 Å². The molecule has 1 heterocycles. The van der Waals surface area contributed by atoms with Gasteiger partial charge in [0.25, 0.3) is 0 Å². The Morgan fingerprint density at radius 3 is 1.02 bits per heavy atom. The monoisotopic (exact) mass is 636 g/mol. The van der Waals surface area contributed by atoms with Gasteiger partial charge in [0.2, 0.25) is 10.2 Å². The van der Waals surface area contributed by atoms with Crippen LogP contribution in [0.15, 0.2) is 160 Å². The minimum atomic E-state index is -2.35. The van der Waals surface area contributed by atoms with E-state index in [1.807, 2.05) is 78.9 Å². The Labute approximate surface area is 262 Å². The number of carbonyl (C=O) groups excluding carboxylic acids is 2. The maximum atomic E-state index is 13.5. The molecule has 1 aromatic heterocycles. The molecule has 0 aliphatic rings. The zero-order valence-corrected chi connectivity index (χ0v) is 26.5. The van der Waals surface area contributed by atoms with Gasteiger partial charge in [-0.3, -0.25) is 9.59 Å². The van der Waals surface area contributed by atoms with Crippen molar-refractivity contribution in [3.63, 3.8) is 0 Å². The largest absolute Gasteiger partial charge is 0.281 e. The summed E-state index contributed by atoms with van der Waals surface area (Å²) in [6.07, 6.45) is 0. The van der Waals surface area contributed by atoms with Crippen LogP contribution in [0, 0.1) is 3.57 Å². The summed E-state index contributed by atoms with van der Waals surface area (Å²) in [6.45, 7) is -2.35. The molecule has 0 fully saturated rings. The minimum Gasteiger partial charge on any atom is -0.281 e. The predicted molar refractivity (Wildman–Crippen MR) is 184 cm³/mol. The molecule has 0 N–H and O–H groups in total. The van der Waals surface area contributed by atoms with Gasteiger partial charge in [0, 0.05) is 18.0 Å². The van der Waals surface area contributed by atoms with E-state index in [4.69, 9.17) is 0 Å². The van der Waals surface area contributed by atoms with Gasteiger partial charge in [-0.15, -0.1) is 22.7 Å². The zero-order valence-electron chi connectivity index (χ0n) is 22.3. The summed E-state index contributed by atoms with van der Waals surface area (Å²) in [7, 11) is 0. The maximum absolute atomic E-state index is 13.5. The van der Waals surface area contributed by atoms with Crippen molar-refractivity contribution in [3.05, 3.63) is 166 Å². The van der Waals surface area contributed by atoms with E-state index in [9.17, 15) is 9.59 Å². The highest BCUT2D eigenvalue weighted by Crippen LogP contribution is 2.54. The van der Waals surface area contributed by atoms with E-state index >= 15 is 0 Å². The molecule has 6 aromatic rings. The lowest BCUT2D eigenvalue weighted by molar-refractivity contribution is 0.108. The Kier molecular flexibility index (Phi) is 9.09. The Balaban J connectivity index is 1.65. The Bertz CT molecular complexity index is 1720. The predicted octanol–water partition coefficient (Wildman–Crippen LogP) is 9.20. The van der Waals surface area contributed by atoms with Crippen molar-refractivity contribution < 1.29 is 9.59 Å². The average Bonchev–Trinajstić information content (AvgIpc) is 3.45. The molecule has 0 saturated heterocycles. The maximum Gasteiger partial charge on any atom is 0.224 e. The molecule has 0 saturated carbocycles. The van der Waals surface area contributed by atoms with Gasteiger partial charge in [0.15, 0.2) is 0 Å². The number of benzene rings is 5. The summed E-state index contributed by atoms with van der Waals surface area (Å²) in [5, 5.41) is 3.63. The molecule has 0 spiro atoms. The Morgan fingerprint density at radius 1 is 0.429 bits per heavy atom. The Morgan fingerprint density at radius 2 is 0.714 bits per heavy atom. The van der Waals surface area contributed by atoms with Crippen molar-refractivity contribution in [2.45, 2.75) is 8.42 Å². The number of carbonyl (C=O) groups is 2.